The van der Waals surface area contributed by atoms with E-state index in [9.17, 15) is 0 Å². The van der Waals surface area contributed by atoms with Crippen molar-refractivity contribution < 1.29 is 10.1 Å². The Morgan fingerprint density at radius 1 is 1.47 bits per heavy atom. The SMILES string of the molecule is [2H]C([2H])([2H])C([2H])(C)c1cc(C)c(-c2cccc[n+]2C)cn1. The minimum atomic E-state index is -2.41. The minimum absolute atomic E-state index is 0.266. The van der Waals surface area contributed by atoms with E-state index >= 15 is 0 Å². The molecule has 0 aliphatic heterocycles. The third-order valence-electron chi connectivity index (χ3n) is 2.83. The van der Waals surface area contributed by atoms with Crippen LogP contribution in [0.2, 0.25) is 0 Å². The zero-order chi connectivity index (χ0) is 15.8. The molecule has 0 N–H and O–H groups in total. The third kappa shape index (κ3) is 2.36. The summed E-state index contributed by atoms with van der Waals surface area (Å²) in [6, 6.07) is 7.56. The molecule has 0 amide bonds. The Morgan fingerprint density at radius 2 is 2.29 bits per heavy atom. The maximum Gasteiger partial charge on any atom is 0.214 e. The molecule has 2 aromatic heterocycles. The van der Waals surface area contributed by atoms with Crippen LogP contribution in [-0.4, -0.2) is 4.98 Å². The zero-order valence-corrected chi connectivity index (χ0v) is 10.4. The lowest BCUT2D eigenvalue weighted by Crippen LogP contribution is -2.30. The van der Waals surface area contributed by atoms with Crippen LogP contribution in [0, 0.1) is 6.92 Å². The molecule has 0 saturated carbocycles. The number of pyridine rings is 2. The molecule has 0 aliphatic carbocycles. The lowest BCUT2D eigenvalue weighted by molar-refractivity contribution is -0.660. The van der Waals surface area contributed by atoms with Crippen molar-refractivity contribution in [2.75, 3.05) is 0 Å². The van der Waals surface area contributed by atoms with Gasteiger partial charge in [0.15, 0.2) is 6.20 Å². The summed E-state index contributed by atoms with van der Waals surface area (Å²) in [5.74, 6) is -1.71. The second kappa shape index (κ2) is 4.66. The molecule has 1 unspecified atom stereocenters. The molecule has 0 aliphatic rings. The van der Waals surface area contributed by atoms with Gasteiger partial charge in [0.1, 0.15) is 7.05 Å². The summed E-state index contributed by atoms with van der Waals surface area (Å²) in [5.41, 5.74) is 3.10. The second-order valence-corrected chi connectivity index (χ2v) is 4.21. The van der Waals surface area contributed by atoms with E-state index in [1.807, 2.05) is 42.9 Å². The van der Waals surface area contributed by atoms with Gasteiger partial charge in [0.05, 0.1) is 5.56 Å². The molecule has 0 bridgehead atoms. The number of hydrogen-bond acceptors (Lipinski definition) is 1. The van der Waals surface area contributed by atoms with Crippen LogP contribution in [0.3, 0.4) is 0 Å². The van der Waals surface area contributed by atoms with E-state index in [-0.39, 0.29) is 5.69 Å². The molecule has 0 aromatic carbocycles. The molecule has 0 saturated heterocycles. The number of hydrogen-bond donors (Lipinski definition) is 0. The number of aryl methyl sites for hydroxylation is 2. The van der Waals surface area contributed by atoms with Crippen molar-refractivity contribution in [3.63, 3.8) is 0 Å². The first kappa shape index (κ1) is 7.59. The Balaban J connectivity index is 2.51. The van der Waals surface area contributed by atoms with E-state index in [4.69, 9.17) is 5.48 Å². The average molecular weight is 231 g/mol. The van der Waals surface area contributed by atoms with Crippen LogP contribution in [-0.2, 0) is 7.05 Å². The molecule has 2 heteroatoms. The van der Waals surface area contributed by atoms with Gasteiger partial charge in [-0.3, -0.25) is 4.98 Å². The van der Waals surface area contributed by atoms with Crippen molar-refractivity contribution in [3.8, 4) is 11.3 Å². The lowest BCUT2D eigenvalue weighted by Gasteiger charge is -2.08. The Morgan fingerprint density at radius 3 is 2.94 bits per heavy atom. The summed E-state index contributed by atoms with van der Waals surface area (Å²) in [4.78, 5) is 4.23. The lowest BCUT2D eigenvalue weighted by atomic mass is 10.0. The molecule has 88 valence electrons. The predicted molar refractivity (Wildman–Crippen MR) is 69.7 cm³/mol. The van der Waals surface area contributed by atoms with Gasteiger partial charge >= 0.3 is 0 Å². The van der Waals surface area contributed by atoms with Crippen LogP contribution in [0.4, 0.5) is 0 Å². The van der Waals surface area contributed by atoms with Crippen LogP contribution in [0.5, 0.6) is 0 Å². The van der Waals surface area contributed by atoms with E-state index < -0.39 is 12.7 Å². The molecule has 1 atom stereocenters. The highest BCUT2D eigenvalue weighted by Crippen LogP contribution is 2.22. The Labute approximate surface area is 109 Å². The van der Waals surface area contributed by atoms with Crippen LogP contribution >= 0.6 is 0 Å². The van der Waals surface area contributed by atoms with E-state index in [0.29, 0.717) is 0 Å². The zero-order valence-electron chi connectivity index (χ0n) is 14.4. The fourth-order valence-corrected chi connectivity index (χ4v) is 1.83. The molecule has 0 spiro atoms. The summed E-state index contributed by atoms with van der Waals surface area (Å²) in [6.07, 6.45) is 3.60. The molecule has 0 fully saturated rings. The first-order valence-corrected chi connectivity index (χ1v) is 5.57. The van der Waals surface area contributed by atoms with Gasteiger partial charge in [0.2, 0.25) is 5.69 Å². The Hall–Kier alpha value is -1.70. The molecule has 2 nitrogen and oxygen atoms in total. The summed E-state index contributed by atoms with van der Waals surface area (Å²) >= 11 is 0. The predicted octanol–water partition coefficient (Wildman–Crippen LogP) is 3.00. The topological polar surface area (TPSA) is 16.8 Å². The fourth-order valence-electron chi connectivity index (χ4n) is 1.83. The Kier molecular flexibility index (Phi) is 2.08. The monoisotopic (exact) mass is 231 g/mol. The molecular weight excluding hydrogens is 208 g/mol. The summed E-state index contributed by atoms with van der Waals surface area (Å²) in [5, 5.41) is 0. The minimum Gasteiger partial charge on any atom is -0.260 e. The molecule has 2 aromatic rings. The second-order valence-electron chi connectivity index (χ2n) is 4.21. The van der Waals surface area contributed by atoms with Crippen molar-refractivity contribution >= 4 is 0 Å². The summed E-state index contributed by atoms with van der Waals surface area (Å²) in [6.45, 7) is 0.873. The smallest absolute Gasteiger partial charge is 0.214 e. The highest BCUT2D eigenvalue weighted by Gasteiger charge is 2.13. The number of rotatable bonds is 2. The maximum absolute atomic E-state index is 8.10. The van der Waals surface area contributed by atoms with Crippen molar-refractivity contribution in [2.24, 2.45) is 7.05 Å². The number of aromatic nitrogens is 2. The van der Waals surface area contributed by atoms with E-state index in [1.54, 1.807) is 12.3 Å². The van der Waals surface area contributed by atoms with Gasteiger partial charge < -0.3 is 0 Å². The first-order valence-electron chi connectivity index (χ1n) is 7.57. The normalized spacial score (nSPS) is 18.5. The van der Waals surface area contributed by atoms with Crippen LogP contribution in [0.15, 0.2) is 36.7 Å². The molecular formula is C15H19N2+. The standard InChI is InChI=1S/C15H19N2/c1-11(2)14-9-12(3)13(10-16-14)15-7-5-6-8-17(15)4/h5-11H,1-4H3/q+1/i1D3,11D. The van der Waals surface area contributed by atoms with Crippen molar-refractivity contribution in [1.29, 1.82) is 0 Å². The van der Waals surface area contributed by atoms with Crippen LogP contribution in [0.1, 0.15) is 36.4 Å². The van der Waals surface area contributed by atoms with Crippen LogP contribution < -0.4 is 4.57 Å². The first-order chi connectivity index (χ1) is 9.64. The molecule has 17 heavy (non-hydrogen) atoms. The van der Waals surface area contributed by atoms with E-state index in [1.165, 1.54) is 6.92 Å². The van der Waals surface area contributed by atoms with Crippen molar-refractivity contribution in [3.05, 3.63) is 47.9 Å². The molecule has 2 heterocycles. The van der Waals surface area contributed by atoms with Gasteiger partial charge in [0.25, 0.3) is 0 Å². The Bertz CT molecular complexity index is 663. The van der Waals surface area contributed by atoms with E-state index in [0.717, 1.165) is 16.8 Å². The van der Waals surface area contributed by atoms with Crippen LogP contribution in [0.25, 0.3) is 11.3 Å². The summed E-state index contributed by atoms with van der Waals surface area (Å²) < 4.78 is 32.6. The highest BCUT2D eigenvalue weighted by molar-refractivity contribution is 5.59. The number of nitrogens with zero attached hydrogens (tertiary/aromatic N) is 2. The van der Waals surface area contributed by atoms with Gasteiger partial charge in [-0.05, 0) is 30.5 Å². The molecule has 0 radical (unpaired) electrons. The van der Waals surface area contributed by atoms with Gasteiger partial charge in [-0.15, -0.1) is 0 Å². The fraction of sp³-hybridized carbons (Fsp3) is 0.333. The quantitative estimate of drug-likeness (QED) is 0.726. The van der Waals surface area contributed by atoms with Gasteiger partial charge in [-0.2, -0.15) is 0 Å². The summed E-state index contributed by atoms with van der Waals surface area (Å²) in [7, 11) is 1.94. The van der Waals surface area contributed by atoms with Gasteiger partial charge in [-0.1, -0.05) is 13.8 Å². The maximum atomic E-state index is 8.10. The van der Waals surface area contributed by atoms with Gasteiger partial charge in [-0.25, -0.2) is 4.57 Å². The van der Waals surface area contributed by atoms with Crippen molar-refractivity contribution in [1.82, 2.24) is 4.98 Å². The van der Waals surface area contributed by atoms with Gasteiger partial charge in [0, 0.05) is 29.5 Å². The largest absolute Gasteiger partial charge is 0.260 e. The highest BCUT2D eigenvalue weighted by atomic mass is 14.9. The van der Waals surface area contributed by atoms with E-state index in [2.05, 4.69) is 4.98 Å². The third-order valence-corrected chi connectivity index (χ3v) is 2.83. The van der Waals surface area contributed by atoms with Crippen molar-refractivity contribution in [2.45, 2.75) is 26.6 Å². The average Bonchev–Trinajstić information content (AvgIpc) is 2.38. The molecule has 2 rings (SSSR count).